The molecule has 0 heterocycles. The molecule has 1 heteroatoms. The number of phenols is 1. The Bertz CT molecular complexity index is 368. The number of hydrogen-bond donors (Lipinski definition) is 1. The van der Waals surface area contributed by atoms with Crippen molar-refractivity contribution in [2.75, 3.05) is 0 Å². The zero-order chi connectivity index (χ0) is 13.7. The molecule has 19 heavy (non-hydrogen) atoms. The van der Waals surface area contributed by atoms with Gasteiger partial charge in [-0.3, -0.25) is 0 Å². The molecule has 1 atom stereocenters. The molecule has 0 amide bonds. The van der Waals surface area contributed by atoms with Crippen molar-refractivity contribution < 1.29 is 5.11 Å². The van der Waals surface area contributed by atoms with Crippen LogP contribution in [0.3, 0.4) is 0 Å². The maximum atomic E-state index is 9.37. The molecule has 106 valence electrons. The van der Waals surface area contributed by atoms with Crippen LogP contribution in [0.25, 0.3) is 0 Å². The Labute approximate surface area is 118 Å². The molecule has 1 aliphatic rings. The van der Waals surface area contributed by atoms with Crippen LogP contribution >= 0.6 is 0 Å². The van der Waals surface area contributed by atoms with E-state index >= 15 is 0 Å². The summed E-state index contributed by atoms with van der Waals surface area (Å²) in [5.41, 5.74) is 1.94. The van der Waals surface area contributed by atoms with Gasteiger partial charge in [0.2, 0.25) is 0 Å². The van der Waals surface area contributed by atoms with Gasteiger partial charge in [0.1, 0.15) is 5.75 Å². The van der Waals surface area contributed by atoms with Gasteiger partial charge >= 0.3 is 0 Å². The van der Waals surface area contributed by atoms with Gasteiger partial charge in [-0.25, -0.2) is 0 Å². The van der Waals surface area contributed by atoms with Crippen LogP contribution in [0, 0.1) is 11.3 Å². The summed E-state index contributed by atoms with van der Waals surface area (Å²) in [6.07, 6.45) is 10.9. The van der Waals surface area contributed by atoms with Crippen LogP contribution in [0.1, 0.15) is 64.4 Å². The van der Waals surface area contributed by atoms with Crippen LogP contribution < -0.4 is 0 Å². The lowest BCUT2D eigenvalue weighted by atomic mass is 9.63. The highest BCUT2D eigenvalue weighted by atomic mass is 16.3. The van der Waals surface area contributed by atoms with E-state index in [1.165, 1.54) is 50.5 Å². The maximum Gasteiger partial charge on any atom is 0.115 e. The van der Waals surface area contributed by atoms with E-state index in [9.17, 15) is 5.11 Å². The van der Waals surface area contributed by atoms with Crippen molar-refractivity contribution in [3.63, 3.8) is 0 Å². The first-order valence-electron chi connectivity index (χ1n) is 7.94. The second-order valence-electron chi connectivity index (χ2n) is 6.44. The van der Waals surface area contributed by atoms with E-state index in [1.807, 2.05) is 12.1 Å². The Kier molecular flexibility index (Phi) is 4.90. The molecule has 0 aromatic heterocycles. The fourth-order valence-corrected chi connectivity index (χ4v) is 3.95. The number of rotatable bonds is 5. The Morgan fingerprint density at radius 2 is 1.74 bits per heavy atom. The molecule has 2 rings (SSSR count). The fourth-order valence-electron chi connectivity index (χ4n) is 3.95. The average Bonchev–Trinajstić information content (AvgIpc) is 2.43. The highest BCUT2D eigenvalue weighted by molar-refractivity contribution is 5.26. The third kappa shape index (κ3) is 3.52. The molecular formula is C18H28O. The molecule has 1 nitrogen and oxygen atoms in total. The smallest absolute Gasteiger partial charge is 0.115 e. The minimum Gasteiger partial charge on any atom is -0.508 e. The monoisotopic (exact) mass is 260 g/mol. The summed E-state index contributed by atoms with van der Waals surface area (Å²) < 4.78 is 0. The van der Waals surface area contributed by atoms with E-state index < -0.39 is 0 Å². The Morgan fingerprint density at radius 3 is 2.32 bits per heavy atom. The molecule has 1 unspecified atom stereocenters. The molecule has 1 fully saturated rings. The Hall–Kier alpha value is -0.980. The predicted octanol–water partition coefficient (Wildman–Crippen LogP) is 5.32. The largest absolute Gasteiger partial charge is 0.508 e. The van der Waals surface area contributed by atoms with E-state index in [-0.39, 0.29) is 0 Å². The standard InChI is InChI=1S/C18H28O/c1-3-11-18(12-5-4-6-13-18)15(2)14-16-7-9-17(19)10-8-16/h7-10,15,19H,3-6,11-14H2,1-2H3. The third-order valence-electron chi connectivity index (χ3n) is 5.12. The number of benzene rings is 1. The second-order valence-corrected chi connectivity index (χ2v) is 6.44. The van der Waals surface area contributed by atoms with Gasteiger partial charge in [0.05, 0.1) is 0 Å². The number of aromatic hydroxyl groups is 1. The van der Waals surface area contributed by atoms with Gasteiger partial charge in [0, 0.05) is 0 Å². The zero-order valence-electron chi connectivity index (χ0n) is 12.5. The van der Waals surface area contributed by atoms with Crippen LogP contribution in [0.15, 0.2) is 24.3 Å². The Balaban J connectivity index is 2.06. The number of phenolic OH excluding ortho intramolecular Hbond substituents is 1. The normalized spacial score (nSPS) is 20.1. The quantitative estimate of drug-likeness (QED) is 0.759. The van der Waals surface area contributed by atoms with Crippen LogP contribution in [0.5, 0.6) is 5.75 Å². The van der Waals surface area contributed by atoms with Crippen molar-refractivity contribution in [1.29, 1.82) is 0 Å². The second kappa shape index (κ2) is 6.45. The first kappa shape index (κ1) is 14.4. The van der Waals surface area contributed by atoms with Gasteiger partial charge in [-0.2, -0.15) is 0 Å². The van der Waals surface area contributed by atoms with Crippen molar-refractivity contribution in [3.8, 4) is 5.75 Å². The number of hydrogen-bond acceptors (Lipinski definition) is 1. The summed E-state index contributed by atoms with van der Waals surface area (Å²) in [6.45, 7) is 4.76. The van der Waals surface area contributed by atoms with E-state index in [4.69, 9.17) is 0 Å². The molecule has 1 aromatic carbocycles. The lowest BCUT2D eigenvalue weighted by molar-refractivity contribution is 0.0930. The first-order chi connectivity index (χ1) is 9.16. The van der Waals surface area contributed by atoms with Crippen LogP contribution in [-0.4, -0.2) is 5.11 Å². The van der Waals surface area contributed by atoms with E-state index in [1.54, 1.807) is 0 Å². The molecule has 0 aliphatic heterocycles. The molecule has 1 aliphatic carbocycles. The van der Waals surface area contributed by atoms with Crippen LogP contribution in [0.4, 0.5) is 0 Å². The molecule has 1 aromatic rings. The highest BCUT2D eigenvalue weighted by Crippen LogP contribution is 2.47. The lowest BCUT2D eigenvalue weighted by Crippen LogP contribution is -2.32. The summed E-state index contributed by atoms with van der Waals surface area (Å²) in [5.74, 6) is 1.12. The van der Waals surface area contributed by atoms with Gasteiger partial charge < -0.3 is 5.11 Å². The molecule has 1 saturated carbocycles. The SMILES string of the molecule is CCCC1(C(C)Cc2ccc(O)cc2)CCCCC1. The van der Waals surface area contributed by atoms with Crippen molar-refractivity contribution in [2.45, 2.75) is 65.2 Å². The van der Waals surface area contributed by atoms with Gasteiger partial charge in [0.25, 0.3) is 0 Å². The summed E-state index contributed by atoms with van der Waals surface area (Å²) in [7, 11) is 0. The van der Waals surface area contributed by atoms with E-state index in [0.29, 0.717) is 11.2 Å². The summed E-state index contributed by atoms with van der Waals surface area (Å²) >= 11 is 0. The van der Waals surface area contributed by atoms with Crippen molar-refractivity contribution in [1.82, 2.24) is 0 Å². The summed E-state index contributed by atoms with van der Waals surface area (Å²) in [4.78, 5) is 0. The molecular weight excluding hydrogens is 232 g/mol. The first-order valence-corrected chi connectivity index (χ1v) is 7.94. The highest BCUT2D eigenvalue weighted by Gasteiger charge is 2.36. The fraction of sp³-hybridized carbons (Fsp3) is 0.667. The summed E-state index contributed by atoms with van der Waals surface area (Å²) in [5, 5.41) is 9.37. The van der Waals surface area contributed by atoms with Gasteiger partial charge in [-0.1, -0.05) is 51.7 Å². The lowest BCUT2D eigenvalue weighted by Gasteiger charge is -2.43. The van der Waals surface area contributed by atoms with Gasteiger partial charge in [-0.05, 0) is 54.7 Å². The van der Waals surface area contributed by atoms with Gasteiger partial charge in [-0.15, -0.1) is 0 Å². The molecule has 0 radical (unpaired) electrons. The maximum absolute atomic E-state index is 9.37. The topological polar surface area (TPSA) is 20.2 Å². The minimum atomic E-state index is 0.373. The molecule has 0 spiro atoms. The molecule has 0 saturated heterocycles. The predicted molar refractivity (Wildman–Crippen MR) is 81.4 cm³/mol. The van der Waals surface area contributed by atoms with Crippen LogP contribution in [0.2, 0.25) is 0 Å². The zero-order valence-corrected chi connectivity index (χ0v) is 12.5. The average molecular weight is 260 g/mol. The minimum absolute atomic E-state index is 0.373. The van der Waals surface area contributed by atoms with Crippen LogP contribution in [-0.2, 0) is 6.42 Å². The van der Waals surface area contributed by atoms with E-state index in [2.05, 4.69) is 26.0 Å². The van der Waals surface area contributed by atoms with Crippen molar-refractivity contribution in [3.05, 3.63) is 29.8 Å². The Morgan fingerprint density at radius 1 is 1.11 bits per heavy atom. The molecule has 1 N–H and O–H groups in total. The van der Waals surface area contributed by atoms with Gasteiger partial charge in [0.15, 0.2) is 0 Å². The third-order valence-corrected chi connectivity index (χ3v) is 5.12. The summed E-state index contributed by atoms with van der Waals surface area (Å²) in [6, 6.07) is 7.79. The van der Waals surface area contributed by atoms with Crippen molar-refractivity contribution in [2.24, 2.45) is 11.3 Å². The van der Waals surface area contributed by atoms with E-state index in [0.717, 1.165) is 12.3 Å². The molecule has 0 bridgehead atoms. The van der Waals surface area contributed by atoms with Crippen molar-refractivity contribution >= 4 is 0 Å².